The molecule has 1 aliphatic heterocycles. The van der Waals surface area contributed by atoms with Crippen molar-refractivity contribution >= 4 is 11.8 Å². The number of rotatable bonds is 3. The van der Waals surface area contributed by atoms with Crippen LogP contribution in [-0.4, -0.2) is 47.8 Å². The average Bonchev–Trinajstić information content (AvgIpc) is 3.12. The molecule has 0 radical (unpaired) electrons. The molecular formula is C19H22N2O3. The number of carbonyl (C=O) groups is 2. The zero-order chi connectivity index (χ0) is 17.1. The number of nitrogens with zero attached hydrogens (tertiary/aromatic N) is 2. The topological polar surface area (TPSA) is 53.8 Å². The van der Waals surface area contributed by atoms with Crippen molar-refractivity contribution in [3.05, 3.63) is 59.0 Å². The van der Waals surface area contributed by atoms with Crippen molar-refractivity contribution in [2.45, 2.75) is 20.3 Å². The summed E-state index contributed by atoms with van der Waals surface area (Å²) in [6.07, 6.45) is 1.91. The van der Waals surface area contributed by atoms with Gasteiger partial charge in [-0.2, -0.15) is 0 Å². The predicted octanol–water partition coefficient (Wildman–Crippen LogP) is 2.42. The number of carbonyl (C=O) groups excluding carboxylic acids is 2. The van der Waals surface area contributed by atoms with Gasteiger partial charge in [-0.3, -0.25) is 9.59 Å². The molecule has 0 bridgehead atoms. The van der Waals surface area contributed by atoms with E-state index in [1.807, 2.05) is 11.0 Å². The fourth-order valence-corrected chi connectivity index (χ4v) is 2.91. The molecule has 2 aromatic rings. The monoisotopic (exact) mass is 326 g/mol. The van der Waals surface area contributed by atoms with Crippen molar-refractivity contribution in [2.75, 3.05) is 26.2 Å². The second kappa shape index (κ2) is 6.91. The molecule has 0 atom stereocenters. The molecule has 0 unspecified atom stereocenters. The molecule has 1 aromatic carbocycles. The van der Waals surface area contributed by atoms with Crippen LogP contribution >= 0.6 is 0 Å². The molecule has 5 nitrogen and oxygen atoms in total. The van der Waals surface area contributed by atoms with Gasteiger partial charge in [-0.15, -0.1) is 0 Å². The smallest absolute Gasteiger partial charge is 0.289 e. The predicted molar refractivity (Wildman–Crippen MR) is 90.8 cm³/mol. The summed E-state index contributed by atoms with van der Waals surface area (Å²) in [5, 5.41) is 0. The van der Waals surface area contributed by atoms with Crippen LogP contribution in [0.3, 0.4) is 0 Å². The summed E-state index contributed by atoms with van der Waals surface area (Å²) in [6, 6.07) is 9.51. The fraction of sp³-hybridized carbons (Fsp3) is 0.368. The maximum absolute atomic E-state index is 12.5. The highest BCUT2D eigenvalue weighted by molar-refractivity contribution is 5.91. The molecule has 1 saturated heterocycles. The lowest BCUT2D eigenvalue weighted by atomic mass is 10.0. The second-order valence-corrected chi connectivity index (χ2v) is 6.25. The van der Waals surface area contributed by atoms with Crippen molar-refractivity contribution in [1.82, 2.24) is 9.80 Å². The minimum absolute atomic E-state index is 0.110. The first-order valence-electron chi connectivity index (χ1n) is 8.21. The van der Waals surface area contributed by atoms with Crippen LogP contribution in [0.1, 0.15) is 27.2 Å². The molecule has 2 heterocycles. The van der Waals surface area contributed by atoms with Crippen LogP contribution in [-0.2, 0) is 11.2 Å². The third-order valence-corrected chi connectivity index (χ3v) is 4.58. The molecule has 0 spiro atoms. The van der Waals surface area contributed by atoms with Gasteiger partial charge < -0.3 is 14.2 Å². The van der Waals surface area contributed by atoms with E-state index in [-0.39, 0.29) is 11.8 Å². The van der Waals surface area contributed by atoms with Crippen molar-refractivity contribution in [2.24, 2.45) is 0 Å². The van der Waals surface area contributed by atoms with Gasteiger partial charge in [0.15, 0.2) is 5.76 Å². The van der Waals surface area contributed by atoms with E-state index in [4.69, 9.17) is 4.42 Å². The first-order valence-corrected chi connectivity index (χ1v) is 8.21. The van der Waals surface area contributed by atoms with Gasteiger partial charge in [0.25, 0.3) is 5.91 Å². The zero-order valence-electron chi connectivity index (χ0n) is 14.1. The van der Waals surface area contributed by atoms with E-state index < -0.39 is 0 Å². The van der Waals surface area contributed by atoms with Gasteiger partial charge in [0.05, 0.1) is 12.7 Å². The van der Waals surface area contributed by atoms with Gasteiger partial charge in [-0.05, 0) is 42.7 Å². The van der Waals surface area contributed by atoms with Crippen LogP contribution in [0.25, 0.3) is 0 Å². The summed E-state index contributed by atoms with van der Waals surface area (Å²) in [6.45, 7) is 6.33. The molecule has 5 heteroatoms. The third kappa shape index (κ3) is 3.50. The number of aryl methyl sites for hydroxylation is 2. The molecule has 1 aliphatic rings. The quantitative estimate of drug-likeness (QED) is 0.870. The molecule has 3 rings (SSSR count). The normalized spacial score (nSPS) is 14.8. The average molecular weight is 326 g/mol. The standard InChI is InChI=1S/C19H22N2O3/c1-14-5-6-16(12-15(14)2)13-18(22)20-7-9-21(10-8-20)19(23)17-4-3-11-24-17/h3-6,11-12H,7-10,13H2,1-2H3. The van der Waals surface area contributed by atoms with Crippen molar-refractivity contribution < 1.29 is 14.0 Å². The molecule has 0 aliphatic carbocycles. The van der Waals surface area contributed by atoms with Crippen molar-refractivity contribution in [3.8, 4) is 0 Å². The zero-order valence-corrected chi connectivity index (χ0v) is 14.1. The lowest BCUT2D eigenvalue weighted by Crippen LogP contribution is -2.50. The van der Waals surface area contributed by atoms with E-state index in [9.17, 15) is 9.59 Å². The van der Waals surface area contributed by atoms with Crippen LogP contribution in [0.2, 0.25) is 0 Å². The molecular weight excluding hydrogens is 304 g/mol. The van der Waals surface area contributed by atoms with E-state index in [1.165, 1.54) is 17.4 Å². The van der Waals surface area contributed by atoms with Gasteiger partial charge in [0.1, 0.15) is 0 Å². The number of hydrogen-bond acceptors (Lipinski definition) is 3. The first-order chi connectivity index (χ1) is 11.5. The number of benzene rings is 1. The minimum atomic E-state index is -0.110. The Hall–Kier alpha value is -2.56. The van der Waals surface area contributed by atoms with E-state index in [1.54, 1.807) is 17.0 Å². The molecule has 1 aromatic heterocycles. The minimum Gasteiger partial charge on any atom is -0.459 e. The summed E-state index contributed by atoms with van der Waals surface area (Å²) in [5.41, 5.74) is 3.47. The molecule has 0 saturated carbocycles. The lowest BCUT2D eigenvalue weighted by Gasteiger charge is -2.34. The molecule has 24 heavy (non-hydrogen) atoms. The van der Waals surface area contributed by atoms with Crippen LogP contribution in [0.4, 0.5) is 0 Å². The summed E-state index contributed by atoms with van der Waals surface area (Å²) >= 11 is 0. The van der Waals surface area contributed by atoms with E-state index in [0.717, 1.165) is 5.56 Å². The molecule has 2 amide bonds. The lowest BCUT2D eigenvalue weighted by molar-refractivity contribution is -0.131. The first kappa shape index (κ1) is 16.3. The number of amides is 2. The van der Waals surface area contributed by atoms with E-state index in [2.05, 4.69) is 26.0 Å². The Bertz CT molecular complexity index is 729. The summed E-state index contributed by atoms with van der Waals surface area (Å²) in [4.78, 5) is 28.3. The maximum atomic E-state index is 12.5. The SMILES string of the molecule is Cc1ccc(CC(=O)N2CCN(C(=O)c3ccco3)CC2)cc1C. The van der Waals surface area contributed by atoms with Crippen LogP contribution in [0.15, 0.2) is 41.0 Å². The number of hydrogen-bond donors (Lipinski definition) is 0. The summed E-state index contributed by atoms with van der Waals surface area (Å²) in [5.74, 6) is 0.356. The van der Waals surface area contributed by atoms with Gasteiger partial charge in [0.2, 0.25) is 5.91 Å². The third-order valence-electron chi connectivity index (χ3n) is 4.58. The Kier molecular flexibility index (Phi) is 4.69. The Balaban J connectivity index is 1.55. The Morgan fingerprint density at radius 3 is 2.33 bits per heavy atom. The Labute approximate surface area is 141 Å². The van der Waals surface area contributed by atoms with Gasteiger partial charge in [0, 0.05) is 26.2 Å². The van der Waals surface area contributed by atoms with Crippen LogP contribution < -0.4 is 0 Å². The highest BCUT2D eigenvalue weighted by atomic mass is 16.3. The summed E-state index contributed by atoms with van der Waals surface area (Å²) in [7, 11) is 0. The number of piperazine rings is 1. The van der Waals surface area contributed by atoms with E-state index in [0.29, 0.717) is 38.4 Å². The van der Waals surface area contributed by atoms with Gasteiger partial charge in [-0.1, -0.05) is 18.2 Å². The van der Waals surface area contributed by atoms with Crippen molar-refractivity contribution in [3.63, 3.8) is 0 Å². The van der Waals surface area contributed by atoms with Crippen LogP contribution in [0, 0.1) is 13.8 Å². The number of furan rings is 1. The Morgan fingerprint density at radius 2 is 1.71 bits per heavy atom. The molecule has 1 fully saturated rings. The second-order valence-electron chi connectivity index (χ2n) is 6.25. The maximum Gasteiger partial charge on any atom is 0.289 e. The van der Waals surface area contributed by atoms with Gasteiger partial charge in [-0.25, -0.2) is 0 Å². The van der Waals surface area contributed by atoms with Crippen LogP contribution in [0.5, 0.6) is 0 Å². The summed E-state index contributed by atoms with van der Waals surface area (Å²) < 4.78 is 5.15. The highest BCUT2D eigenvalue weighted by Crippen LogP contribution is 2.13. The van der Waals surface area contributed by atoms with Crippen molar-refractivity contribution in [1.29, 1.82) is 0 Å². The highest BCUT2D eigenvalue weighted by Gasteiger charge is 2.25. The van der Waals surface area contributed by atoms with Gasteiger partial charge >= 0.3 is 0 Å². The largest absolute Gasteiger partial charge is 0.459 e. The Morgan fingerprint density at radius 1 is 1.00 bits per heavy atom. The fourth-order valence-electron chi connectivity index (χ4n) is 2.91. The molecule has 126 valence electrons. The van der Waals surface area contributed by atoms with E-state index >= 15 is 0 Å². The molecule has 0 N–H and O–H groups in total.